The number of carbonyl (C=O) groups is 3. The normalized spacial score (nSPS) is 12.1. The van der Waals surface area contributed by atoms with Crippen molar-refractivity contribution in [2.24, 2.45) is 0 Å². The second kappa shape index (κ2) is 7.87. The number of nitrogens with one attached hydrogen (secondary N) is 3. The van der Waals surface area contributed by atoms with Gasteiger partial charge in [0.05, 0.1) is 12.7 Å². The summed E-state index contributed by atoms with van der Waals surface area (Å²) >= 11 is 0. The van der Waals surface area contributed by atoms with Crippen molar-refractivity contribution < 1.29 is 19.1 Å². The lowest BCUT2D eigenvalue weighted by molar-refractivity contribution is -0.144. The second-order valence-electron chi connectivity index (χ2n) is 7.11. The molecule has 0 aliphatic heterocycles. The summed E-state index contributed by atoms with van der Waals surface area (Å²) in [7, 11) is 1.25. The maximum absolute atomic E-state index is 12.9. The van der Waals surface area contributed by atoms with Gasteiger partial charge in [0, 0.05) is 40.1 Å². The fraction of sp³-hybridized carbons (Fsp3) is 0.174. The monoisotopic (exact) mass is 403 g/mol. The molecule has 0 aliphatic carbocycles. The Morgan fingerprint density at radius 1 is 1.00 bits per heavy atom. The molecule has 1 amide bonds. The standard InChI is InChI=1S/C23H21N3O4/c1-13-20(16-8-4-6-10-18(16)25-13)21(27)22(28)26-19(23(29)30-2)11-14-12-24-17-9-5-3-7-15(14)17/h3-10,12,19,24-25H,11H2,1-2H3,(H,26,28)/t19-/m1/s1. The molecule has 2 aromatic heterocycles. The first-order chi connectivity index (χ1) is 14.5. The number of hydrogen-bond acceptors (Lipinski definition) is 4. The van der Waals surface area contributed by atoms with E-state index in [4.69, 9.17) is 4.74 Å². The van der Waals surface area contributed by atoms with Crippen LogP contribution < -0.4 is 5.32 Å². The van der Waals surface area contributed by atoms with Crippen LogP contribution in [-0.2, 0) is 20.7 Å². The number of aromatic nitrogens is 2. The highest BCUT2D eigenvalue weighted by molar-refractivity contribution is 6.45. The number of benzene rings is 2. The van der Waals surface area contributed by atoms with Crippen LogP contribution in [-0.4, -0.2) is 40.8 Å². The molecular weight excluding hydrogens is 382 g/mol. The number of carbonyl (C=O) groups excluding carboxylic acids is 3. The fourth-order valence-corrected chi connectivity index (χ4v) is 3.76. The quantitative estimate of drug-likeness (QED) is 0.261. The van der Waals surface area contributed by atoms with Crippen molar-refractivity contribution in [2.45, 2.75) is 19.4 Å². The Kier molecular flexibility index (Phi) is 5.10. The van der Waals surface area contributed by atoms with E-state index in [0.717, 1.165) is 22.0 Å². The van der Waals surface area contributed by atoms with Crippen LogP contribution in [0.1, 0.15) is 21.6 Å². The van der Waals surface area contributed by atoms with E-state index in [1.54, 1.807) is 25.3 Å². The zero-order valence-electron chi connectivity index (χ0n) is 16.6. The molecule has 0 saturated heterocycles. The summed E-state index contributed by atoms with van der Waals surface area (Å²) in [6.45, 7) is 1.74. The van der Waals surface area contributed by atoms with E-state index < -0.39 is 23.7 Å². The summed E-state index contributed by atoms with van der Waals surface area (Å²) in [4.78, 5) is 44.3. The number of esters is 1. The summed E-state index contributed by atoms with van der Waals surface area (Å²) in [5.41, 5.74) is 3.45. The number of methoxy groups -OCH3 is 1. The highest BCUT2D eigenvalue weighted by Crippen LogP contribution is 2.23. The number of ether oxygens (including phenoxy) is 1. The lowest BCUT2D eigenvalue weighted by atomic mass is 10.0. The van der Waals surface area contributed by atoms with Gasteiger partial charge in [0.15, 0.2) is 0 Å². The highest BCUT2D eigenvalue weighted by Gasteiger charge is 2.29. The van der Waals surface area contributed by atoms with Crippen molar-refractivity contribution >= 4 is 39.5 Å². The minimum Gasteiger partial charge on any atom is -0.467 e. The van der Waals surface area contributed by atoms with Crippen LogP contribution in [0.3, 0.4) is 0 Å². The molecule has 0 fully saturated rings. The molecule has 0 bridgehead atoms. The Bertz CT molecular complexity index is 1270. The van der Waals surface area contributed by atoms with Crippen molar-refractivity contribution in [1.29, 1.82) is 0 Å². The molecule has 0 unspecified atom stereocenters. The van der Waals surface area contributed by atoms with E-state index in [0.29, 0.717) is 16.6 Å². The van der Waals surface area contributed by atoms with Gasteiger partial charge in [-0.05, 0) is 24.6 Å². The van der Waals surface area contributed by atoms with E-state index in [-0.39, 0.29) is 6.42 Å². The number of para-hydroxylation sites is 2. The number of rotatable bonds is 6. The molecule has 7 heteroatoms. The van der Waals surface area contributed by atoms with Gasteiger partial charge in [0.1, 0.15) is 6.04 Å². The van der Waals surface area contributed by atoms with E-state index in [9.17, 15) is 14.4 Å². The SMILES string of the molecule is COC(=O)[C@@H](Cc1c[nH]c2ccccc12)NC(=O)C(=O)c1c(C)[nH]c2ccccc12. The predicted octanol–water partition coefficient (Wildman–Crippen LogP) is 3.04. The molecule has 2 heterocycles. The summed E-state index contributed by atoms with van der Waals surface area (Å²) in [5.74, 6) is -2.16. The average Bonchev–Trinajstić information content (AvgIpc) is 3.32. The first-order valence-electron chi connectivity index (χ1n) is 9.55. The molecule has 4 rings (SSSR count). The van der Waals surface area contributed by atoms with Crippen molar-refractivity contribution in [3.63, 3.8) is 0 Å². The minimum absolute atomic E-state index is 0.197. The number of fused-ring (bicyclic) bond motifs is 2. The summed E-state index contributed by atoms with van der Waals surface area (Å²) < 4.78 is 4.86. The molecule has 152 valence electrons. The maximum Gasteiger partial charge on any atom is 0.328 e. The van der Waals surface area contributed by atoms with Crippen LogP contribution in [0, 0.1) is 6.92 Å². The number of hydrogen-bond donors (Lipinski definition) is 3. The van der Waals surface area contributed by atoms with Crippen molar-refractivity contribution in [2.75, 3.05) is 7.11 Å². The van der Waals surface area contributed by atoms with E-state index >= 15 is 0 Å². The number of aromatic amines is 2. The van der Waals surface area contributed by atoms with Crippen molar-refractivity contribution in [3.05, 3.63) is 71.5 Å². The van der Waals surface area contributed by atoms with E-state index in [1.165, 1.54) is 7.11 Å². The molecule has 2 aromatic carbocycles. The zero-order chi connectivity index (χ0) is 21.3. The lowest BCUT2D eigenvalue weighted by Gasteiger charge is -2.16. The molecule has 30 heavy (non-hydrogen) atoms. The third-order valence-electron chi connectivity index (χ3n) is 5.22. The molecule has 7 nitrogen and oxygen atoms in total. The van der Waals surface area contributed by atoms with Gasteiger partial charge in [0.2, 0.25) is 0 Å². The Balaban J connectivity index is 1.60. The van der Waals surface area contributed by atoms with Gasteiger partial charge >= 0.3 is 5.97 Å². The summed E-state index contributed by atoms with van der Waals surface area (Å²) in [5, 5.41) is 4.17. The molecular formula is C23H21N3O4. The Hall–Kier alpha value is -3.87. The molecule has 4 aromatic rings. The van der Waals surface area contributed by atoms with Crippen LogP contribution in [0.15, 0.2) is 54.7 Å². The molecule has 0 saturated carbocycles. The first-order valence-corrected chi connectivity index (χ1v) is 9.55. The van der Waals surface area contributed by atoms with Crippen LogP contribution in [0.5, 0.6) is 0 Å². The number of ketones is 1. The van der Waals surface area contributed by atoms with Gasteiger partial charge in [-0.25, -0.2) is 4.79 Å². The lowest BCUT2D eigenvalue weighted by Crippen LogP contribution is -2.45. The fourth-order valence-electron chi connectivity index (χ4n) is 3.76. The zero-order valence-corrected chi connectivity index (χ0v) is 16.6. The Morgan fingerprint density at radius 2 is 1.67 bits per heavy atom. The molecule has 0 spiro atoms. The summed E-state index contributed by atoms with van der Waals surface area (Å²) in [6, 6.07) is 13.9. The third kappa shape index (κ3) is 3.45. The maximum atomic E-state index is 12.9. The molecule has 0 aliphatic rings. The first kappa shape index (κ1) is 19.4. The van der Waals surface area contributed by atoms with Gasteiger partial charge in [-0.3, -0.25) is 9.59 Å². The smallest absolute Gasteiger partial charge is 0.328 e. The van der Waals surface area contributed by atoms with Crippen molar-refractivity contribution in [1.82, 2.24) is 15.3 Å². The molecule has 3 N–H and O–H groups in total. The Morgan fingerprint density at radius 3 is 2.40 bits per heavy atom. The van der Waals surface area contributed by atoms with Gasteiger partial charge in [-0.2, -0.15) is 0 Å². The third-order valence-corrected chi connectivity index (χ3v) is 5.22. The highest BCUT2D eigenvalue weighted by atomic mass is 16.5. The van der Waals surface area contributed by atoms with Gasteiger partial charge in [-0.1, -0.05) is 36.4 Å². The van der Waals surface area contributed by atoms with Crippen LogP contribution in [0.25, 0.3) is 21.8 Å². The summed E-state index contributed by atoms with van der Waals surface area (Å²) in [6.07, 6.45) is 1.99. The van der Waals surface area contributed by atoms with Crippen LogP contribution >= 0.6 is 0 Å². The van der Waals surface area contributed by atoms with Gasteiger partial charge in [0.25, 0.3) is 11.7 Å². The van der Waals surface area contributed by atoms with Gasteiger partial charge < -0.3 is 20.0 Å². The van der Waals surface area contributed by atoms with E-state index in [2.05, 4.69) is 15.3 Å². The number of aryl methyl sites for hydroxylation is 1. The number of Topliss-reactive ketones (excluding diaryl/α,β-unsaturated/α-hetero) is 1. The molecule has 0 radical (unpaired) electrons. The van der Waals surface area contributed by atoms with Crippen molar-refractivity contribution in [3.8, 4) is 0 Å². The average molecular weight is 403 g/mol. The number of amides is 1. The molecule has 1 atom stereocenters. The second-order valence-corrected chi connectivity index (χ2v) is 7.11. The Labute approximate surface area is 172 Å². The number of H-pyrrole nitrogens is 2. The van der Waals surface area contributed by atoms with Gasteiger partial charge in [-0.15, -0.1) is 0 Å². The predicted molar refractivity (Wildman–Crippen MR) is 113 cm³/mol. The minimum atomic E-state index is -0.990. The van der Waals surface area contributed by atoms with Crippen LogP contribution in [0.4, 0.5) is 0 Å². The largest absolute Gasteiger partial charge is 0.467 e. The van der Waals surface area contributed by atoms with E-state index in [1.807, 2.05) is 36.4 Å². The topological polar surface area (TPSA) is 104 Å². The van der Waals surface area contributed by atoms with Crippen LogP contribution in [0.2, 0.25) is 0 Å².